The summed E-state index contributed by atoms with van der Waals surface area (Å²) in [5.74, 6) is 1.31. The van der Waals surface area contributed by atoms with E-state index in [1.54, 1.807) is 19.6 Å². The van der Waals surface area contributed by atoms with Crippen LogP contribution in [0.1, 0.15) is 61.8 Å². The molecule has 1 unspecified atom stereocenters. The zero-order chi connectivity index (χ0) is 23.7. The summed E-state index contributed by atoms with van der Waals surface area (Å²) in [7, 11) is 3.61. The maximum atomic E-state index is 12.4. The third-order valence-corrected chi connectivity index (χ3v) is 8.40. The fourth-order valence-electron chi connectivity index (χ4n) is 6.06. The Morgan fingerprint density at radius 3 is 2.62 bits per heavy atom. The molecule has 2 aliphatic rings. The monoisotopic (exact) mass is 482 g/mol. The summed E-state index contributed by atoms with van der Waals surface area (Å²) >= 11 is 7.08. The number of rotatable bonds is 6. The Labute approximate surface area is 206 Å². The van der Waals surface area contributed by atoms with E-state index in [4.69, 9.17) is 21.3 Å². The lowest BCUT2D eigenvalue weighted by Gasteiger charge is -2.39. The van der Waals surface area contributed by atoms with E-state index >= 15 is 0 Å². The van der Waals surface area contributed by atoms with E-state index in [-0.39, 0.29) is 5.92 Å². The molecule has 34 heavy (non-hydrogen) atoms. The number of benzene rings is 1. The van der Waals surface area contributed by atoms with Crippen molar-refractivity contribution < 1.29 is 9.84 Å². The standard InChI is InChI=1S/C27H35ClN4O2/c1-32-17-30-16-24(32)27(33,19-10-12-29-13-11-19)20-8-9-23-21(15-20)25(28)22(26(31-23)34-2)14-18-6-4-3-5-7-18/h8-9,15-19,29,33H,3-7,10-14H2,1-2H3. The molecule has 3 aromatic rings. The molecule has 1 saturated carbocycles. The molecule has 0 radical (unpaired) electrons. The molecule has 0 bridgehead atoms. The van der Waals surface area contributed by atoms with Gasteiger partial charge in [-0.2, -0.15) is 0 Å². The quantitative estimate of drug-likeness (QED) is 0.518. The summed E-state index contributed by atoms with van der Waals surface area (Å²) in [4.78, 5) is 9.14. The van der Waals surface area contributed by atoms with Crippen LogP contribution in [0.3, 0.4) is 0 Å². The first-order chi connectivity index (χ1) is 16.5. The van der Waals surface area contributed by atoms with Gasteiger partial charge < -0.3 is 19.7 Å². The molecule has 182 valence electrons. The summed E-state index contributed by atoms with van der Waals surface area (Å²) < 4.78 is 7.60. The average molecular weight is 483 g/mol. The van der Waals surface area contributed by atoms with Crippen LogP contribution in [0.25, 0.3) is 10.9 Å². The Morgan fingerprint density at radius 2 is 1.94 bits per heavy atom. The van der Waals surface area contributed by atoms with Crippen molar-refractivity contribution >= 4 is 22.5 Å². The topological polar surface area (TPSA) is 72.2 Å². The Hall–Kier alpha value is -2.15. The number of nitrogens with one attached hydrogen (secondary N) is 1. The number of aliphatic hydroxyl groups is 1. The first-order valence-corrected chi connectivity index (χ1v) is 13.0. The van der Waals surface area contributed by atoms with Gasteiger partial charge >= 0.3 is 0 Å². The van der Waals surface area contributed by atoms with E-state index in [2.05, 4.69) is 10.3 Å². The van der Waals surface area contributed by atoms with Gasteiger partial charge in [0.05, 0.1) is 35.9 Å². The molecule has 0 spiro atoms. The van der Waals surface area contributed by atoms with Crippen LogP contribution in [-0.2, 0) is 19.1 Å². The second-order valence-corrected chi connectivity index (χ2v) is 10.4. The molecule has 6 nitrogen and oxygen atoms in total. The van der Waals surface area contributed by atoms with Crippen molar-refractivity contribution in [1.82, 2.24) is 19.9 Å². The number of halogens is 1. The van der Waals surface area contributed by atoms with E-state index in [0.717, 1.165) is 60.1 Å². The van der Waals surface area contributed by atoms with Crippen LogP contribution in [0.2, 0.25) is 5.02 Å². The van der Waals surface area contributed by atoms with Gasteiger partial charge in [0.15, 0.2) is 0 Å². The number of fused-ring (bicyclic) bond motifs is 1. The van der Waals surface area contributed by atoms with Gasteiger partial charge in [-0.15, -0.1) is 0 Å². The molecule has 0 amide bonds. The molecular weight excluding hydrogens is 448 g/mol. The normalized spacial score (nSPS) is 19.9. The minimum absolute atomic E-state index is 0.0771. The minimum Gasteiger partial charge on any atom is -0.481 e. The molecule has 1 saturated heterocycles. The highest BCUT2D eigenvalue weighted by Crippen LogP contribution is 2.43. The summed E-state index contributed by atoms with van der Waals surface area (Å²) in [5, 5.41) is 17.3. The van der Waals surface area contributed by atoms with Gasteiger partial charge in [0.2, 0.25) is 5.88 Å². The van der Waals surface area contributed by atoms with Crippen molar-refractivity contribution in [1.29, 1.82) is 0 Å². The molecule has 5 rings (SSSR count). The van der Waals surface area contributed by atoms with Crippen LogP contribution in [0, 0.1) is 11.8 Å². The summed E-state index contributed by atoms with van der Waals surface area (Å²) in [6.45, 7) is 1.78. The third-order valence-electron chi connectivity index (χ3n) is 7.97. The summed E-state index contributed by atoms with van der Waals surface area (Å²) in [6, 6.07) is 6.00. The predicted octanol–water partition coefficient (Wildman–Crippen LogP) is 4.99. The molecule has 1 atom stereocenters. The molecule has 1 aromatic carbocycles. The van der Waals surface area contributed by atoms with E-state index in [0.29, 0.717) is 16.8 Å². The summed E-state index contributed by atoms with van der Waals surface area (Å²) in [5.41, 5.74) is 2.27. The molecular formula is C27H35ClN4O2. The molecule has 2 N–H and O–H groups in total. The molecule has 1 aliphatic heterocycles. The first-order valence-electron chi connectivity index (χ1n) is 12.6. The van der Waals surface area contributed by atoms with Crippen molar-refractivity contribution in [2.45, 2.75) is 57.0 Å². The molecule has 3 heterocycles. The van der Waals surface area contributed by atoms with Crippen molar-refractivity contribution in [3.63, 3.8) is 0 Å². The minimum atomic E-state index is -1.16. The van der Waals surface area contributed by atoms with Gasteiger partial charge in [-0.25, -0.2) is 9.97 Å². The largest absolute Gasteiger partial charge is 0.481 e. The van der Waals surface area contributed by atoms with Crippen molar-refractivity contribution in [3.8, 4) is 5.88 Å². The van der Waals surface area contributed by atoms with Crippen LogP contribution < -0.4 is 10.1 Å². The van der Waals surface area contributed by atoms with Crippen LogP contribution in [-0.4, -0.2) is 39.8 Å². The number of ether oxygens (including phenoxy) is 1. The molecule has 7 heteroatoms. The number of aryl methyl sites for hydroxylation is 1. The highest BCUT2D eigenvalue weighted by Gasteiger charge is 2.43. The fraction of sp³-hybridized carbons (Fsp3) is 0.556. The SMILES string of the molecule is COc1nc2ccc(C(O)(c3cncn3C)C3CCNCC3)cc2c(Cl)c1CC1CCCCC1. The molecule has 2 fully saturated rings. The Bertz CT molecular complexity index is 1150. The van der Waals surface area contributed by atoms with Gasteiger partial charge in [-0.3, -0.25) is 0 Å². The van der Waals surface area contributed by atoms with Crippen LogP contribution in [0.4, 0.5) is 0 Å². The maximum absolute atomic E-state index is 12.4. The second-order valence-electron chi connectivity index (χ2n) is 10.0. The number of hydrogen-bond donors (Lipinski definition) is 2. The number of hydrogen-bond acceptors (Lipinski definition) is 5. The highest BCUT2D eigenvalue weighted by molar-refractivity contribution is 6.36. The van der Waals surface area contributed by atoms with Crippen molar-refractivity contribution in [2.24, 2.45) is 18.9 Å². The number of pyridine rings is 1. The Balaban J connectivity index is 1.62. The predicted molar refractivity (Wildman–Crippen MR) is 135 cm³/mol. The third kappa shape index (κ3) is 4.21. The molecule has 2 aromatic heterocycles. The lowest BCUT2D eigenvalue weighted by atomic mass is 9.74. The lowest BCUT2D eigenvalue weighted by molar-refractivity contribution is -0.00364. The zero-order valence-electron chi connectivity index (χ0n) is 20.2. The van der Waals surface area contributed by atoms with E-state index in [1.807, 2.05) is 29.8 Å². The molecule has 1 aliphatic carbocycles. The van der Waals surface area contributed by atoms with Gasteiger partial charge in [0.1, 0.15) is 5.60 Å². The average Bonchev–Trinajstić information content (AvgIpc) is 3.32. The summed E-state index contributed by atoms with van der Waals surface area (Å²) in [6.07, 6.45) is 12.6. The van der Waals surface area contributed by atoms with Gasteiger partial charge in [-0.05, 0) is 56.0 Å². The van der Waals surface area contributed by atoms with Crippen LogP contribution >= 0.6 is 11.6 Å². The number of methoxy groups -OCH3 is 1. The zero-order valence-corrected chi connectivity index (χ0v) is 20.9. The van der Waals surface area contributed by atoms with Crippen LogP contribution in [0.5, 0.6) is 5.88 Å². The first kappa shape index (κ1) is 23.6. The van der Waals surface area contributed by atoms with E-state index in [9.17, 15) is 5.11 Å². The van der Waals surface area contributed by atoms with Crippen molar-refractivity contribution in [3.05, 3.63) is 52.6 Å². The fourth-order valence-corrected chi connectivity index (χ4v) is 6.37. The van der Waals surface area contributed by atoms with Gasteiger partial charge in [0.25, 0.3) is 0 Å². The lowest BCUT2D eigenvalue weighted by Crippen LogP contribution is -2.43. The maximum Gasteiger partial charge on any atom is 0.218 e. The van der Waals surface area contributed by atoms with E-state index < -0.39 is 5.60 Å². The van der Waals surface area contributed by atoms with Crippen LogP contribution in [0.15, 0.2) is 30.7 Å². The Morgan fingerprint density at radius 1 is 1.18 bits per heavy atom. The smallest absolute Gasteiger partial charge is 0.218 e. The highest BCUT2D eigenvalue weighted by atomic mass is 35.5. The number of piperidine rings is 1. The van der Waals surface area contributed by atoms with E-state index in [1.165, 1.54) is 32.1 Å². The number of aromatic nitrogens is 3. The number of imidazole rings is 1. The van der Waals surface area contributed by atoms with Gasteiger partial charge in [0, 0.05) is 23.9 Å². The Kier molecular flexibility index (Phi) is 6.83. The van der Waals surface area contributed by atoms with Crippen molar-refractivity contribution in [2.75, 3.05) is 20.2 Å². The second kappa shape index (κ2) is 9.84. The number of nitrogens with zero attached hydrogens (tertiary/aromatic N) is 3. The van der Waals surface area contributed by atoms with Gasteiger partial charge in [-0.1, -0.05) is 49.8 Å².